The number of carbonyl (C=O) groups excluding carboxylic acids is 1. The first-order valence-electron chi connectivity index (χ1n) is 8.32. The lowest BCUT2D eigenvalue weighted by Crippen LogP contribution is -2.33. The molecule has 1 saturated carbocycles. The minimum atomic E-state index is -3.39. The minimum Gasteiger partial charge on any atom is -0.273 e. The molecule has 1 fully saturated rings. The summed E-state index contributed by atoms with van der Waals surface area (Å²) in [6, 6.07) is 5.57. The van der Waals surface area contributed by atoms with Crippen molar-refractivity contribution in [2.75, 3.05) is 11.5 Å². The van der Waals surface area contributed by atoms with Crippen molar-refractivity contribution in [1.29, 1.82) is 0 Å². The molecule has 0 spiro atoms. The molecule has 0 bridgehead atoms. The van der Waals surface area contributed by atoms with Crippen molar-refractivity contribution < 1.29 is 13.2 Å². The van der Waals surface area contributed by atoms with E-state index in [1.165, 1.54) is 11.0 Å². The van der Waals surface area contributed by atoms with E-state index in [0.717, 1.165) is 25.7 Å². The highest BCUT2D eigenvalue weighted by molar-refractivity contribution is 7.92. The van der Waals surface area contributed by atoms with Crippen molar-refractivity contribution in [2.45, 2.75) is 52.0 Å². The van der Waals surface area contributed by atoms with Crippen LogP contribution in [0.1, 0.15) is 50.7 Å². The summed E-state index contributed by atoms with van der Waals surface area (Å²) >= 11 is 0. The fourth-order valence-corrected chi connectivity index (χ4v) is 4.62. The summed E-state index contributed by atoms with van der Waals surface area (Å²) in [4.78, 5) is 17.1. The van der Waals surface area contributed by atoms with Gasteiger partial charge in [0, 0.05) is 6.20 Å². The molecule has 1 aromatic rings. The molecule has 5 nitrogen and oxygen atoms in total. The van der Waals surface area contributed by atoms with Crippen LogP contribution < -0.4 is 5.49 Å². The van der Waals surface area contributed by atoms with Gasteiger partial charge in [0.25, 0.3) is 0 Å². The lowest BCUT2D eigenvalue weighted by molar-refractivity contribution is 0.0934. The van der Waals surface area contributed by atoms with Gasteiger partial charge < -0.3 is 0 Å². The number of hydrogen-bond donors (Lipinski definition) is 0. The second-order valence-electron chi connectivity index (χ2n) is 6.69. The summed E-state index contributed by atoms with van der Waals surface area (Å²) < 4.78 is 25.5. The molecule has 0 N–H and O–H groups in total. The first-order chi connectivity index (χ1) is 10.9. The third-order valence-corrected chi connectivity index (χ3v) is 5.79. The number of carbonyl (C=O) groups is 1. The van der Waals surface area contributed by atoms with E-state index in [4.69, 9.17) is 0 Å². The number of pyridine rings is 1. The zero-order chi connectivity index (χ0) is 16.9. The predicted molar refractivity (Wildman–Crippen MR) is 91.0 cm³/mol. The average Bonchev–Trinajstić information content (AvgIpc) is 2.46. The van der Waals surface area contributed by atoms with Crippen LogP contribution >= 0.6 is 0 Å². The largest absolute Gasteiger partial charge is 0.273 e. The van der Waals surface area contributed by atoms with Gasteiger partial charge in [0.2, 0.25) is 5.91 Å². The topological polar surface area (TPSA) is 68.5 Å². The Morgan fingerprint density at radius 2 is 1.96 bits per heavy atom. The van der Waals surface area contributed by atoms with E-state index in [1.54, 1.807) is 18.3 Å². The summed E-state index contributed by atoms with van der Waals surface area (Å²) in [5.41, 5.74) is 0.559. The standard InChI is InChI=1S/C17H26N2O3S/c1-14(2)12-23(21,22)13-17(20)19-11-7-6-10-16(19)18-15-8-4-3-5-9-15/h6-7,10-11,14-15H,3-5,8-9,12-13H2,1-2H3. The average molecular weight is 338 g/mol. The summed E-state index contributed by atoms with van der Waals surface area (Å²) in [5.74, 6) is -0.852. The van der Waals surface area contributed by atoms with Crippen LogP contribution in [0.4, 0.5) is 0 Å². The normalized spacial score (nSPS) is 17.6. The van der Waals surface area contributed by atoms with Crippen molar-refractivity contribution in [3.8, 4) is 0 Å². The molecule has 0 aromatic carbocycles. The predicted octanol–water partition coefficient (Wildman–Crippen LogP) is 2.43. The van der Waals surface area contributed by atoms with Crippen molar-refractivity contribution in [3.05, 3.63) is 29.9 Å². The van der Waals surface area contributed by atoms with Crippen molar-refractivity contribution in [2.24, 2.45) is 10.9 Å². The fraction of sp³-hybridized carbons (Fsp3) is 0.647. The number of rotatable bonds is 5. The maximum Gasteiger partial charge on any atom is 0.247 e. The SMILES string of the molecule is CC(C)CS(=O)(=O)CC(=O)n1ccccc1=NC1CCCCC1. The van der Waals surface area contributed by atoms with Gasteiger partial charge in [-0.25, -0.2) is 8.42 Å². The molecule has 23 heavy (non-hydrogen) atoms. The van der Waals surface area contributed by atoms with Gasteiger partial charge in [0.1, 0.15) is 11.2 Å². The smallest absolute Gasteiger partial charge is 0.247 e. The van der Waals surface area contributed by atoms with Crippen molar-refractivity contribution >= 4 is 15.7 Å². The van der Waals surface area contributed by atoms with E-state index in [9.17, 15) is 13.2 Å². The number of aromatic nitrogens is 1. The molecule has 0 aliphatic heterocycles. The number of sulfone groups is 1. The number of nitrogens with zero attached hydrogens (tertiary/aromatic N) is 2. The van der Waals surface area contributed by atoms with Gasteiger partial charge in [-0.3, -0.25) is 14.4 Å². The van der Waals surface area contributed by atoms with Gasteiger partial charge in [-0.1, -0.05) is 39.2 Å². The van der Waals surface area contributed by atoms with Gasteiger partial charge in [-0.15, -0.1) is 0 Å². The highest BCUT2D eigenvalue weighted by Gasteiger charge is 2.20. The van der Waals surface area contributed by atoms with E-state index in [2.05, 4.69) is 4.99 Å². The lowest BCUT2D eigenvalue weighted by atomic mass is 9.96. The molecule has 0 atom stereocenters. The maximum absolute atomic E-state index is 12.4. The first kappa shape index (κ1) is 17.9. The molecule has 2 rings (SSSR count). The van der Waals surface area contributed by atoms with Crippen molar-refractivity contribution in [1.82, 2.24) is 4.57 Å². The molecule has 128 valence electrons. The Morgan fingerprint density at radius 3 is 2.61 bits per heavy atom. The third kappa shape index (κ3) is 5.61. The zero-order valence-corrected chi connectivity index (χ0v) is 14.8. The monoisotopic (exact) mass is 338 g/mol. The summed E-state index contributed by atoms with van der Waals surface area (Å²) in [5, 5.41) is 0. The molecule has 1 aliphatic carbocycles. The molecule has 1 heterocycles. The molecular formula is C17H26N2O3S. The Morgan fingerprint density at radius 1 is 1.26 bits per heavy atom. The van der Waals surface area contributed by atoms with Gasteiger partial charge in [-0.2, -0.15) is 0 Å². The maximum atomic E-state index is 12.4. The van der Waals surface area contributed by atoms with Crippen LogP contribution in [0.3, 0.4) is 0 Å². The molecule has 6 heteroatoms. The van der Waals surface area contributed by atoms with Gasteiger partial charge in [-0.05, 0) is 30.9 Å². The van der Waals surface area contributed by atoms with Crippen LogP contribution in [0.15, 0.2) is 29.4 Å². The Balaban J connectivity index is 2.22. The van der Waals surface area contributed by atoms with Crippen molar-refractivity contribution in [3.63, 3.8) is 0 Å². The Labute approximate surface area is 138 Å². The molecule has 0 saturated heterocycles. The molecule has 0 unspecified atom stereocenters. The second-order valence-corrected chi connectivity index (χ2v) is 8.80. The molecule has 0 amide bonds. The van der Waals surface area contributed by atoms with Crippen LogP contribution in [0.5, 0.6) is 0 Å². The lowest BCUT2D eigenvalue weighted by Gasteiger charge is -2.17. The van der Waals surface area contributed by atoms with Crippen LogP contribution in [0.25, 0.3) is 0 Å². The minimum absolute atomic E-state index is 0.0139. The molecular weight excluding hydrogens is 312 g/mol. The Bertz CT molecular complexity index is 699. The highest BCUT2D eigenvalue weighted by atomic mass is 32.2. The fourth-order valence-electron chi connectivity index (χ4n) is 2.97. The number of hydrogen-bond acceptors (Lipinski definition) is 4. The van der Waals surface area contributed by atoms with Crippen LogP contribution in [0, 0.1) is 5.92 Å². The van der Waals surface area contributed by atoms with Crippen LogP contribution in [-0.2, 0) is 9.84 Å². The van der Waals surface area contributed by atoms with Gasteiger partial charge in [0.05, 0.1) is 11.8 Å². The molecule has 0 radical (unpaired) electrons. The summed E-state index contributed by atoms with van der Waals surface area (Å²) in [7, 11) is -3.39. The molecule has 1 aromatic heterocycles. The van der Waals surface area contributed by atoms with E-state index >= 15 is 0 Å². The van der Waals surface area contributed by atoms with E-state index < -0.39 is 21.5 Å². The summed E-state index contributed by atoms with van der Waals surface area (Å²) in [6.45, 7) is 3.67. The first-order valence-corrected chi connectivity index (χ1v) is 10.1. The molecule has 1 aliphatic rings. The summed E-state index contributed by atoms with van der Waals surface area (Å²) in [6.07, 6.45) is 7.25. The quantitative estimate of drug-likeness (QED) is 0.828. The zero-order valence-electron chi connectivity index (χ0n) is 13.9. The van der Waals surface area contributed by atoms with Gasteiger partial charge in [0.15, 0.2) is 9.84 Å². The second kappa shape index (κ2) is 7.90. The van der Waals surface area contributed by atoms with Crippen LogP contribution in [0.2, 0.25) is 0 Å². The van der Waals surface area contributed by atoms with Gasteiger partial charge >= 0.3 is 0 Å². The van der Waals surface area contributed by atoms with Crippen LogP contribution in [-0.4, -0.2) is 36.4 Å². The van der Waals surface area contributed by atoms with E-state index in [1.807, 2.05) is 19.9 Å². The Hall–Kier alpha value is -1.43. The van der Waals surface area contributed by atoms with E-state index in [-0.39, 0.29) is 17.7 Å². The Kier molecular flexibility index (Phi) is 6.16. The highest BCUT2D eigenvalue weighted by Crippen LogP contribution is 2.19. The third-order valence-electron chi connectivity index (χ3n) is 3.93. The van der Waals surface area contributed by atoms with E-state index in [0.29, 0.717) is 5.49 Å².